The first-order valence-electron chi connectivity index (χ1n) is 10.1. The first-order chi connectivity index (χ1) is 15.2. The molecule has 2 aromatic carbocycles. The summed E-state index contributed by atoms with van der Waals surface area (Å²) in [4.78, 5) is 36.8. The number of amides is 2. The second-order valence-corrected chi connectivity index (χ2v) is 7.61. The topological polar surface area (TPSA) is 95.9 Å². The first-order valence-corrected chi connectivity index (χ1v) is 10.1. The number of fused-ring (bicyclic) bond motifs is 3. The van der Waals surface area contributed by atoms with Gasteiger partial charge in [-0.3, -0.25) is 4.79 Å². The van der Waals surface area contributed by atoms with E-state index in [2.05, 4.69) is 5.32 Å². The summed E-state index contributed by atoms with van der Waals surface area (Å²) in [5.74, 6) is -2.46. The molecule has 1 unspecified atom stereocenters. The maximum Gasteiger partial charge on any atom is 0.407 e. The Hall–Kier alpha value is -3.49. The Morgan fingerprint density at radius 2 is 1.59 bits per heavy atom. The highest BCUT2D eigenvalue weighted by Crippen LogP contribution is 2.44. The number of aliphatic carboxylic acids is 1. The quantitative estimate of drug-likeness (QED) is 0.647. The molecule has 0 heterocycles. The molecule has 32 heavy (non-hydrogen) atoms. The molecule has 2 amide bonds. The summed E-state index contributed by atoms with van der Waals surface area (Å²) >= 11 is 0. The zero-order chi connectivity index (χ0) is 23.4. The Bertz CT molecular complexity index is 968. The highest BCUT2D eigenvalue weighted by molar-refractivity contribution is 5.89. The van der Waals surface area contributed by atoms with Crippen molar-refractivity contribution in [3.63, 3.8) is 0 Å². The van der Waals surface area contributed by atoms with Crippen molar-refractivity contribution in [1.82, 2.24) is 10.2 Å². The smallest absolute Gasteiger partial charge is 0.407 e. The number of carbonyl (C=O) groups is 3. The van der Waals surface area contributed by atoms with Gasteiger partial charge in [0, 0.05) is 19.4 Å². The van der Waals surface area contributed by atoms with Crippen molar-refractivity contribution in [3.05, 3.63) is 59.7 Å². The van der Waals surface area contributed by atoms with Gasteiger partial charge in [-0.2, -0.15) is 0 Å². The van der Waals surface area contributed by atoms with Gasteiger partial charge in [0.05, 0.1) is 0 Å². The number of carbonyl (C=O) groups excluding carboxylic acids is 2. The number of rotatable bonds is 8. The third kappa shape index (κ3) is 4.87. The molecule has 2 aromatic rings. The van der Waals surface area contributed by atoms with E-state index in [0.717, 1.165) is 27.2 Å². The van der Waals surface area contributed by atoms with Crippen molar-refractivity contribution in [1.29, 1.82) is 0 Å². The SMILES string of the molecule is C[C@@H](C(=O)O)N(C)C(=O)C(CC(F)F)NC(=O)OCC1c2ccccc2-c2ccccc21. The number of carboxylic acid groups (broad SMARTS) is 1. The number of ether oxygens (including phenoxy) is 1. The van der Waals surface area contributed by atoms with Gasteiger partial charge < -0.3 is 20.1 Å². The van der Waals surface area contributed by atoms with Crippen molar-refractivity contribution in [2.45, 2.75) is 37.8 Å². The normalized spacial score (nSPS) is 14.3. The maximum absolute atomic E-state index is 13.0. The number of nitrogens with one attached hydrogen (secondary N) is 1. The number of likely N-dealkylation sites (N-methyl/N-ethyl adjacent to an activating group) is 1. The van der Waals surface area contributed by atoms with E-state index in [-0.39, 0.29) is 12.5 Å². The Morgan fingerprint density at radius 1 is 1.06 bits per heavy atom. The summed E-state index contributed by atoms with van der Waals surface area (Å²) in [5, 5.41) is 11.2. The molecule has 0 saturated heterocycles. The third-order valence-corrected chi connectivity index (χ3v) is 5.63. The molecule has 0 fully saturated rings. The van der Waals surface area contributed by atoms with E-state index < -0.39 is 42.9 Å². The predicted octanol–water partition coefficient (Wildman–Crippen LogP) is 3.48. The summed E-state index contributed by atoms with van der Waals surface area (Å²) in [6.07, 6.45) is -4.87. The Balaban J connectivity index is 1.69. The molecule has 0 saturated carbocycles. The summed E-state index contributed by atoms with van der Waals surface area (Å²) in [6, 6.07) is 12.6. The summed E-state index contributed by atoms with van der Waals surface area (Å²) in [7, 11) is 1.18. The maximum atomic E-state index is 13.0. The van der Waals surface area contributed by atoms with Crippen molar-refractivity contribution in [3.8, 4) is 11.1 Å². The van der Waals surface area contributed by atoms with Crippen LogP contribution in [0.1, 0.15) is 30.4 Å². The van der Waals surface area contributed by atoms with Crippen molar-refractivity contribution in [2.24, 2.45) is 0 Å². The molecular weight excluding hydrogens is 422 g/mol. The fourth-order valence-electron chi connectivity index (χ4n) is 3.78. The summed E-state index contributed by atoms with van der Waals surface area (Å²) < 4.78 is 31.3. The molecule has 0 bridgehead atoms. The fraction of sp³-hybridized carbons (Fsp3) is 0.348. The lowest BCUT2D eigenvalue weighted by atomic mass is 9.98. The van der Waals surface area contributed by atoms with E-state index >= 15 is 0 Å². The third-order valence-electron chi connectivity index (χ3n) is 5.63. The molecule has 9 heteroatoms. The summed E-state index contributed by atoms with van der Waals surface area (Å²) in [5.41, 5.74) is 4.03. The molecule has 2 N–H and O–H groups in total. The van der Waals surface area contributed by atoms with Gasteiger partial charge in [-0.15, -0.1) is 0 Å². The van der Waals surface area contributed by atoms with E-state index in [4.69, 9.17) is 9.84 Å². The van der Waals surface area contributed by atoms with E-state index in [1.807, 2.05) is 48.5 Å². The molecular formula is C23H24F2N2O5. The average molecular weight is 446 g/mol. The van der Waals surface area contributed by atoms with Crippen LogP contribution in [0.3, 0.4) is 0 Å². The number of halogens is 2. The van der Waals surface area contributed by atoms with Crippen LogP contribution in [0, 0.1) is 0 Å². The number of benzene rings is 2. The van der Waals surface area contributed by atoms with Gasteiger partial charge >= 0.3 is 12.1 Å². The summed E-state index contributed by atoms with van der Waals surface area (Å²) in [6.45, 7) is 1.20. The second kappa shape index (κ2) is 9.76. The van der Waals surface area contributed by atoms with E-state index in [9.17, 15) is 23.2 Å². The minimum atomic E-state index is -2.88. The van der Waals surface area contributed by atoms with Crippen LogP contribution < -0.4 is 5.32 Å². The molecule has 1 aliphatic carbocycles. The lowest BCUT2D eigenvalue weighted by molar-refractivity contribution is -0.149. The van der Waals surface area contributed by atoms with Crippen molar-refractivity contribution < 1.29 is 33.0 Å². The standard InChI is InChI=1S/C23H24F2N2O5/c1-13(22(29)30)27(2)21(28)19(11-20(24)25)26-23(31)32-12-18-16-9-5-3-7-14(16)15-8-4-6-10-17(15)18/h3-10,13,18-20H,11-12H2,1-2H3,(H,26,31)(H,29,30)/t13-,19?/m0/s1. The fourth-order valence-corrected chi connectivity index (χ4v) is 3.78. The van der Waals surface area contributed by atoms with Crippen molar-refractivity contribution >= 4 is 18.0 Å². The molecule has 170 valence electrons. The molecule has 0 aliphatic heterocycles. The van der Waals surface area contributed by atoms with Gasteiger partial charge in [0.1, 0.15) is 18.7 Å². The van der Waals surface area contributed by atoms with Crippen LogP contribution in [0.4, 0.5) is 13.6 Å². The average Bonchev–Trinajstić information content (AvgIpc) is 3.09. The predicted molar refractivity (Wildman–Crippen MR) is 112 cm³/mol. The van der Waals surface area contributed by atoms with Gasteiger partial charge in [0.25, 0.3) is 0 Å². The molecule has 3 rings (SSSR count). The molecule has 7 nitrogen and oxygen atoms in total. The molecule has 1 aliphatic rings. The zero-order valence-corrected chi connectivity index (χ0v) is 17.6. The number of nitrogens with zero attached hydrogens (tertiary/aromatic N) is 1. The Morgan fingerprint density at radius 3 is 2.09 bits per heavy atom. The van der Waals surface area contributed by atoms with Crippen LogP contribution in [0.25, 0.3) is 11.1 Å². The van der Waals surface area contributed by atoms with Gasteiger partial charge in [-0.25, -0.2) is 18.4 Å². The van der Waals surface area contributed by atoms with Crippen LogP contribution >= 0.6 is 0 Å². The molecule has 0 spiro atoms. The van der Waals surface area contributed by atoms with Crippen LogP contribution in [0.2, 0.25) is 0 Å². The van der Waals surface area contributed by atoms with E-state index in [1.165, 1.54) is 14.0 Å². The van der Waals surface area contributed by atoms with Crippen LogP contribution in [0.5, 0.6) is 0 Å². The monoisotopic (exact) mass is 446 g/mol. The van der Waals surface area contributed by atoms with Crippen LogP contribution in [-0.4, -0.2) is 60.1 Å². The highest BCUT2D eigenvalue weighted by atomic mass is 19.3. The van der Waals surface area contributed by atoms with Crippen LogP contribution in [-0.2, 0) is 14.3 Å². The number of alkyl halides is 2. The number of hydrogen-bond donors (Lipinski definition) is 2. The molecule has 0 aromatic heterocycles. The van der Waals surface area contributed by atoms with Crippen molar-refractivity contribution in [2.75, 3.05) is 13.7 Å². The minimum absolute atomic E-state index is 0.0448. The first kappa shape index (κ1) is 23.2. The molecule has 0 radical (unpaired) electrons. The Kier molecular flexibility index (Phi) is 7.07. The minimum Gasteiger partial charge on any atom is -0.480 e. The lowest BCUT2D eigenvalue weighted by Gasteiger charge is -2.27. The highest BCUT2D eigenvalue weighted by Gasteiger charge is 2.33. The van der Waals surface area contributed by atoms with E-state index in [0.29, 0.717) is 0 Å². The largest absolute Gasteiger partial charge is 0.480 e. The van der Waals surface area contributed by atoms with Crippen LogP contribution in [0.15, 0.2) is 48.5 Å². The Labute approximate surface area is 184 Å². The van der Waals surface area contributed by atoms with Gasteiger partial charge in [0.2, 0.25) is 12.3 Å². The number of hydrogen-bond acceptors (Lipinski definition) is 4. The van der Waals surface area contributed by atoms with E-state index in [1.54, 1.807) is 0 Å². The van der Waals surface area contributed by atoms with Gasteiger partial charge in [0.15, 0.2) is 0 Å². The van der Waals surface area contributed by atoms with Gasteiger partial charge in [-0.05, 0) is 29.2 Å². The second-order valence-electron chi connectivity index (χ2n) is 7.61. The zero-order valence-electron chi connectivity index (χ0n) is 17.6. The molecule has 2 atom stereocenters. The number of alkyl carbamates (subject to hydrolysis) is 1. The number of carboxylic acids is 1. The van der Waals surface area contributed by atoms with Gasteiger partial charge in [-0.1, -0.05) is 48.5 Å². The lowest BCUT2D eigenvalue weighted by Crippen LogP contribution is -2.52.